The van der Waals surface area contributed by atoms with Crippen LogP contribution in [0.2, 0.25) is 0 Å². The van der Waals surface area contributed by atoms with Gasteiger partial charge in [0.05, 0.1) is 16.5 Å². The van der Waals surface area contributed by atoms with E-state index in [0.717, 1.165) is 5.56 Å². The summed E-state index contributed by atoms with van der Waals surface area (Å²) in [6.45, 7) is -0.201. The number of pyridine rings is 1. The maximum Gasteiger partial charge on any atom is 0.241 e. The van der Waals surface area contributed by atoms with Crippen LogP contribution in [0.15, 0.2) is 71.8 Å². The lowest BCUT2D eigenvalue weighted by Gasteiger charge is -2.18. The highest BCUT2D eigenvalue weighted by atomic mass is 32.2. The second-order valence-corrected chi connectivity index (χ2v) is 7.81. The van der Waals surface area contributed by atoms with Gasteiger partial charge in [0.15, 0.2) is 0 Å². The lowest BCUT2D eigenvalue weighted by atomic mass is 10.1. The number of hydrogen-bond acceptors (Lipinski definition) is 5. The fourth-order valence-electron chi connectivity index (χ4n) is 2.76. The number of nitrogens with zero attached hydrogens (tertiary/aromatic N) is 2. The van der Waals surface area contributed by atoms with E-state index in [0.29, 0.717) is 10.9 Å². The zero-order chi connectivity index (χ0) is 20.0. The van der Waals surface area contributed by atoms with Crippen molar-refractivity contribution in [2.45, 2.75) is 17.4 Å². The summed E-state index contributed by atoms with van der Waals surface area (Å²) in [7, 11) is -3.96. The molecule has 0 saturated carbocycles. The predicted molar refractivity (Wildman–Crippen MR) is 105 cm³/mol. The zero-order valence-electron chi connectivity index (χ0n) is 14.9. The Labute approximate surface area is 163 Å². The maximum atomic E-state index is 12.9. The third-order valence-corrected chi connectivity index (χ3v) is 5.59. The molecule has 0 radical (unpaired) electrons. The average Bonchev–Trinajstić information content (AvgIpc) is 2.71. The van der Waals surface area contributed by atoms with Crippen molar-refractivity contribution in [1.29, 1.82) is 5.26 Å². The van der Waals surface area contributed by atoms with Gasteiger partial charge in [0.25, 0.3) is 0 Å². The van der Waals surface area contributed by atoms with E-state index in [1.807, 2.05) is 24.3 Å². The first-order valence-corrected chi connectivity index (χ1v) is 10.0. The minimum atomic E-state index is -3.96. The second-order valence-electron chi connectivity index (χ2n) is 6.10. The van der Waals surface area contributed by atoms with Crippen molar-refractivity contribution in [3.8, 4) is 6.07 Å². The van der Waals surface area contributed by atoms with E-state index in [-0.39, 0.29) is 17.9 Å². The van der Waals surface area contributed by atoms with Gasteiger partial charge in [-0.3, -0.25) is 9.78 Å². The van der Waals surface area contributed by atoms with Crippen LogP contribution in [0.1, 0.15) is 5.56 Å². The molecule has 0 aliphatic heterocycles. The number of carbonyl (C=O) groups excluding carboxylic acids is 1. The highest BCUT2D eigenvalue weighted by Crippen LogP contribution is 2.18. The summed E-state index contributed by atoms with van der Waals surface area (Å²) in [6, 6.07) is 17.9. The van der Waals surface area contributed by atoms with Gasteiger partial charge in [0.1, 0.15) is 12.6 Å². The molecule has 0 bridgehead atoms. The molecule has 1 amide bonds. The van der Waals surface area contributed by atoms with Gasteiger partial charge in [-0.15, -0.1) is 0 Å². The van der Waals surface area contributed by atoms with E-state index in [1.165, 1.54) is 12.1 Å². The molecule has 1 atom stereocenters. The van der Waals surface area contributed by atoms with Crippen molar-refractivity contribution in [2.75, 3.05) is 6.54 Å². The number of nitrogens with one attached hydrogen (secondary N) is 2. The van der Waals surface area contributed by atoms with Crippen LogP contribution in [-0.4, -0.2) is 31.9 Å². The van der Waals surface area contributed by atoms with Gasteiger partial charge < -0.3 is 5.32 Å². The fourth-order valence-corrected chi connectivity index (χ4v) is 3.99. The molecule has 3 rings (SSSR count). The summed E-state index contributed by atoms with van der Waals surface area (Å²) < 4.78 is 28.2. The number of carbonyl (C=O) groups is 1. The third-order valence-electron chi connectivity index (χ3n) is 4.12. The van der Waals surface area contributed by atoms with Crippen molar-refractivity contribution in [1.82, 2.24) is 15.0 Å². The molecular formula is C20H18N4O3S. The molecule has 3 aromatic rings. The molecule has 2 N–H and O–H groups in total. The van der Waals surface area contributed by atoms with E-state index in [4.69, 9.17) is 5.26 Å². The van der Waals surface area contributed by atoms with E-state index in [1.54, 1.807) is 36.5 Å². The van der Waals surface area contributed by atoms with Crippen molar-refractivity contribution >= 4 is 26.8 Å². The third kappa shape index (κ3) is 4.71. The van der Waals surface area contributed by atoms with E-state index >= 15 is 0 Å². The summed E-state index contributed by atoms with van der Waals surface area (Å²) in [6.07, 6.45) is 1.79. The smallest absolute Gasteiger partial charge is 0.241 e. The number of hydrogen-bond donors (Lipinski definition) is 2. The van der Waals surface area contributed by atoms with E-state index < -0.39 is 22.0 Å². The minimum Gasteiger partial charge on any atom is -0.342 e. The van der Waals surface area contributed by atoms with Crippen molar-refractivity contribution in [3.05, 3.63) is 72.4 Å². The number of nitriles is 1. The Hall–Kier alpha value is -3.28. The normalized spacial score (nSPS) is 12.2. The van der Waals surface area contributed by atoms with Crippen molar-refractivity contribution < 1.29 is 13.2 Å². The number of rotatable bonds is 7. The van der Waals surface area contributed by atoms with Crippen LogP contribution in [0, 0.1) is 11.3 Å². The van der Waals surface area contributed by atoms with Crippen molar-refractivity contribution in [3.63, 3.8) is 0 Å². The minimum absolute atomic E-state index is 0.0409. The molecule has 142 valence electrons. The Balaban J connectivity index is 1.88. The number of sulfonamides is 1. The van der Waals surface area contributed by atoms with Crippen LogP contribution in [0.25, 0.3) is 10.9 Å². The van der Waals surface area contributed by atoms with Gasteiger partial charge in [0, 0.05) is 11.6 Å². The Morgan fingerprint density at radius 3 is 2.64 bits per heavy atom. The van der Waals surface area contributed by atoms with Crippen LogP contribution >= 0.6 is 0 Å². The first-order valence-electron chi connectivity index (χ1n) is 8.55. The molecule has 0 saturated heterocycles. The molecule has 7 nitrogen and oxygen atoms in total. The van der Waals surface area contributed by atoms with Gasteiger partial charge in [-0.05, 0) is 36.2 Å². The van der Waals surface area contributed by atoms with Crippen molar-refractivity contribution in [2.24, 2.45) is 0 Å². The predicted octanol–water partition coefficient (Wildman–Crippen LogP) is 1.76. The average molecular weight is 394 g/mol. The fraction of sp³-hybridized carbons (Fsp3) is 0.150. The largest absolute Gasteiger partial charge is 0.342 e. The summed E-state index contributed by atoms with van der Waals surface area (Å²) in [5.41, 5.74) is 1.47. The van der Waals surface area contributed by atoms with Gasteiger partial charge in [0.2, 0.25) is 15.9 Å². The quantitative estimate of drug-likeness (QED) is 0.593. The summed E-state index contributed by atoms with van der Waals surface area (Å²) >= 11 is 0. The number of benzene rings is 2. The summed E-state index contributed by atoms with van der Waals surface area (Å²) in [5.74, 6) is -0.559. The molecule has 1 aromatic heterocycles. The highest BCUT2D eigenvalue weighted by Gasteiger charge is 2.26. The van der Waals surface area contributed by atoms with Crippen LogP contribution in [-0.2, 0) is 21.2 Å². The Morgan fingerprint density at radius 2 is 1.89 bits per heavy atom. The van der Waals surface area contributed by atoms with Gasteiger partial charge in [-0.1, -0.05) is 36.4 Å². The second kappa shape index (κ2) is 8.61. The number of amides is 1. The molecule has 1 unspecified atom stereocenters. The van der Waals surface area contributed by atoms with E-state index in [2.05, 4.69) is 15.0 Å². The molecule has 0 aliphatic carbocycles. The Morgan fingerprint density at radius 1 is 1.11 bits per heavy atom. The number of aromatic nitrogens is 1. The molecule has 28 heavy (non-hydrogen) atoms. The monoisotopic (exact) mass is 394 g/mol. The Kier molecular flexibility index (Phi) is 5.99. The summed E-state index contributed by atoms with van der Waals surface area (Å²) in [5, 5.41) is 11.8. The van der Waals surface area contributed by atoms with E-state index in [9.17, 15) is 13.2 Å². The molecule has 1 heterocycles. The molecule has 0 aliphatic rings. The van der Waals surface area contributed by atoms with Gasteiger partial charge in [-0.2, -0.15) is 9.98 Å². The standard InChI is InChI=1S/C20H18N4O3S/c21-10-12-23-20(25)19(13-15-5-2-1-3-6-15)24-28(26,27)17-8-9-18-16(14-17)7-4-11-22-18/h1-9,11,14,19,24H,12-13H2,(H,23,25). The lowest BCUT2D eigenvalue weighted by Crippen LogP contribution is -2.48. The van der Waals surface area contributed by atoms with Crippen LogP contribution in [0.5, 0.6) is 0 Å². The molecular weight excluding hydrogens is 376 g/mol. The molecule has 2 aromatic carbocycles. The summed E-state index contributed by atoms with van der Waals surface area (Å²) in [4.78, 5) is 16.6. The first-order chi connectivity index (χ1) is 13.5. The number of fused-ring (bicyclic) bond motifs is 1. The SMILES string of the molecule is N#CCNC(=O)C(Cc1ccccc1)NS(=O)(=O)c1ccc2ncccc2c1. The van der Waals surface area contributed by atoms with Crippen LogP contribution in [0.3, 0.4) is 0 Å². The zero-order valence-corrected chi connectivity index (χ0v) is 15.7. The Bertz CT molecular complexity index is 1120. The molecule has 8 heteroatoms. The maximum absolute atomic E-state index is 12.9. The van der Waals surface area contributed by atoms with Crippen LogP contribution in [0.4, 0.5) is 0 Å². The lowest BCUT2D eigenvalue weighted by molar-refractivity contribution is -0.122. The van der Waals surface area contributed by atoms with Gasteiger partial charge >= 0.3 is 0 Å². The molecule has 0 spiro atoms. The topological polar surface area (TPSA) is 112 Å². The molecule has 0 fully saturated rings. The first kappa shape index (κ1) is 19.5. The van der Waals surface area contributed by atoms with Crippen LogP contribution < -0.4 is 10.0 Å². The van der Waals surface area contributed by atoms with Gasteiger partial charge in [-0.25, -0.2) is 8.42 Å². The highest BCUT2D eigenvalue weighted by molar-refractivity contribution is 7.89.